The van der Waals surface area contributed by atoms with Crippen LogP contribution in [0.3, 0.4) is 0 Å². The van der Waals surface area contributed by atoms with E-state index in [9.17, 15) is 14.4 Å². The Morgan fingerprint density at radius 1 is 1.10 bits per heavy atom. The Morgan fingerprint density at radius 3 is 2.14 bits per heavy atom. The van der Waals surface area contributed by atoms with E-state index >= 15 is 0 Å². The molecule has 5 heteroatoms. The van der Waals surface area contributed by atoms with E-state index in [0.29, 0.717) is 5.56 Å². The molecule has 0 atom stereocenters. The Hall–Kier alpha value is -2.17. The fourth-order valence-electron chi connectivity index (χ4n) is 1.61. The van der Waals surface area contributed by atoms with E-state index in [1.54, 1.807) is 12.1 Å². The minimum Gasteiger partial charge on any atom is -0.456 e. The minimum absolute atomic E-state index is 0.0193. The lowest BCUT2D eigenvalue weighted by atomic mass is 9.87. The lowest BCUT2D eigenvalue weighted by molar-refractivity contribution is -0.146. The summed E-state index contributed by atoms with van der Waals surface area (Å²) < 4.78 is 4.65. The van der Waals surface area contributed by atoms with Gasteiger partial charge in [0.2, 0.25) is 0 Å². The molecule has 1 aromatic carbocycles. The molecule has 1 amide bonds. The van der Waals surface area contributed by atoms with Crippen molar-refractivity contribution < 1.29 is 19.1 Å². The second-order valence-electron chi connectivity index (χ2n) is 5.87. The van der Waals surface area contributed by atoms with Crippen LogP contribution in [-0.4, -0.2) is 30.8 Å². The van der Waals surface area contributed by atoms with Gasteiger partial charge < -0.3 is 10.1 Å². The molecule has 0 spiro atoms. The summed E-state index contributed by atoms with van der Waals surface area (Å²) in [7, 11) is 0. The SMILES string of the molecule is CC(=O)COC(=O)CNC(=O)c1ccc(C(C)(C)C)cc1. The number of ketones is 1. The number of nitrogens with one attached hydrogen (secondary N) is 1. The highest BCUT2D eigenvalue weighted by atomic mass is 16.5. The predicted octanol–water partition coefficient (Wildman–Crippen LogP) is 1.85. The highest BCUT2D eigenvalue weighted by Gasteiger charge is 2.14. The minimum atomic E-state index is -0.634. The standard InChI is InChI=1S/C16H21NO4/c1-11(18)10-21-14(19)9-17-15(20)12-5-7-13(8-6-12)16(2,3)4/h5-8H,9-10H2,1-4H3,(H,17,20). The van der Waals surface area contributed by atoms with Crippen LogP contribution in [0.15, 0.2) is 24.3 Å². The van der Waals surface area contributed by atoms with Crippen molar-refractivity contribution in [3.63, 3.8) is 0 Å². The molecule has 0 bridgehead atoms. The summed E-state index contributed by atoms with van der Waals surface area (Å²) in [5.41, 5.74) is 1.62. The molecule has 21 heavy (non-hydrogen) atoms. The van der Waals surface area contributed by atoms with Crippen molar-refractivity contribution in [2.45, 2.75) is 33.1 Å². The average Bonchev–Trinajstić information content (AvgIpc) is 2.41. The molecule has 1 rings (SSSR count). The first-order valence-corrected chi connectivity index (χ1v) is 6.74. The number of esters is 1. The summed E-state index contributed by atoms with van der Waals surface area (Å²) in [6.45, 7) is 7.07. The van der Waals surface area contributed by atoms with Crippen molar-refractivity contribution in [2.24, 2.45) is 0 Å². The van der Waals surface area contributed by atoms with Crippen LogP contribution in [0, 0.1) is 0 Å². The van der Waals surface area contributed by atoms with E-state index in [1.807, 2.05) is 12.1 Å². The molecule has 0 saturated heterocycles. The largest absolute Gasteiger partial charge is 0.456 e. The monoisotopic (exact) mass is 291 g/mol. The van der Waals surface area contributed by atoms with Gasteiger partial charge in [-0.05, 0) is 30.0 Å². The molecule has 114 valence electrons. The fourth-order valence-corrected chi connectivity index (χ4v) is 1.61. The van der Waals surface area contributed by atoms with Crippen LogP contribution in [0.25, 0.3) is 0 Å². The Morgan fingerprint density at radius 2 is 1.67 bits per heavy atom. The third-order valence-electron chi connectivity index (χ3n) is 2.84. The zero-order chi connectivity index (χ0) is 16.0. The summed E-state index contributed by atoms with van der Waals surface area (Å²) in [5, 5.41) is 2.46. The molecule has 0 fully saturated rings. The van der Waals surface area contributed by atoms with Gasteiger partial charge in [0, 0.05) is 5.56 Å². The molecule has 1 N–H and O–H groups in total. The summed E-state index contributed by atoms with van der Waals surface area (Å²) in [6, 6.07) is 7.22. The maximum absolute atomic E-state index is 11.9. The van der Waals surface area contributed by atoms with E-state index in [4.69, 9.17) is 0 Å². The topological polar surface area (TPSA) is 72.5 Å². The zero-order valence-electron chi connectivity index (χ0n) is 12.9. The van der Waals surface area contributed by atoms with Crippen molar-refractivity contribution in [3.8, 4) is 0 Å². The highest BCUT2D eigenvalue weighted by Crippen LogP contribution is 2.22. The number of hydrogen-bond donors (Lipinski definition) is 1. The van der Waals surface area contributed by atoms with E-state index in [1.165, 1.54) is 6.92 Å². The van der Waals surface area contributed by atoms with Crippen molar-refractivity contribution in [1.29, 1.82) is 0 Å². The van der Waals surface area contributed by atoms with Crippen LogP contribution < -0.4 is 5.32 Å². The predicted molar refractivity (Wildman–Crippen MR) is 79.1 cm³/mol. The second kappa shape index (κ2) is 7.02. The van der Waals surface area contributed by atoms with Gasteiger partial charge in [-0.25, -0.2) is 0 Å². The van der Waals surface area contributed by atoms with Crippen LogP contribution in [0.1, 0.15) is 43.6 Å². The Kier molecular flexibility index (Phi) is 5.64. The lowest BCUT2D eigenvalue weighted by Gasteiger charge is -2.19. The van der Waals surface area contributed by atoms with Gasteiger partial charge in [0.05, 0.1) is 0 Å². The molecule has 0 aliphatic heterocycles. The second-order valence-corrected chi connectivity index (χ2v) is 5.87. The molecule has 1 aromatic rings. The molecule has 0 unspecified atom stereocenters. The van der Waals surface area contributed by atoms with Crippen molar-refractivity contribution >= 4 is 17.7 Å². The van der Waals surface area contributed by atoms with Crippen LogP contribution >= 0.6 is 0 Å². The smallest absolute Gasteiger partial charge is 0.325 e. The van der Waals surface area contributed by atoms with E-state index in [2.05, 4.69) is 30.8 Å². The molecular weight excluding hydrogens is 270 g/mol. The van der Waals surface area contributed by atoms with Crippen molar-refractivity contribution in [3.05, 3.63) is 35.4 Å². The van der Waals surface area contributed by atoms with Crippen LogP contribution in [0.4, 0.5) is 0 Å². The summed E-state index contributed by atoms with van der Waals surface area (Å²) in [6.07, 6.45) is 0. The van der Waals surface area contributed by atoms with Gasteiger partial charge in [0.25, 0.3) is 5.91 Å². The third kappa shape index (κ3) is 5.77. The molecule has 0 radical (unpaired) electrons. The quantitative estimate of drug-likeness (QED) is 0.840. The van der Waals surface area contributed by atoms with Gasteiger partial charge in [-0.1, -0.05) is 32.9 Å². The van der Waals surface area contributed by atoms with Gasteiger partial charge in [0.1, 0.15) is 13.2 Å². The van der Waals surface area contributed by atoms with E-state index in [0.717, 1.165) is 5.56 Å². The first-order valence-electron chi connectivity index (χ1n) is 6.74. The van der Waals surface area contributed by atoms with Crippen LogP contribution in [0.5, 0.6) is 0 Å². The van der Waals surface area contributed by atoms with Gasteiger partial charge >= 0.3 is 5.97 Å². The molecule has 0 aromatic heterocycles. The normalized spacial score (nSPS) is 10.9. The number of benzene rings is 1. The zero-order valence-corrected chi connectivity index (χ0v) is 12.9. The Bertz CT molecular complexity index is 526. The number of rotatable bonds is 5. The number of carbonyl (C=O) groups is 3. The molecule has 0 aliphatic carbocycles. The molecule has 0 heterocycles. The number of hydrogen-bond acceptors (Lipinski definition) is 4. The summed E-state index contributed by atoms with van der Waals surface area (Å²) >= 11 is 0. The molecule has 0 saturated carbocycles. The third-order valence-corrected chi connectivity index (χ3v) is 2.84. The Balaban J connectivity index is 2.53. The van der Waals surface area contributed by atoms with Crippen LogP contribution in [0.2, 0.25) is 0 Å². The molecular formula is C16H21NO4. The van der Waals surface area contributed by atoms with Crippen molar-refractivity contribution in [1.82, 2.24) is 5.32 Å². The van der Waals surface area contributed by atoms with Gasteiger partial charge in [0.15, 0.2) is 5.78 Å². The first kappa shape index (κ1) is 16.9. The van der Waals surface area contributed by atoms with E-state index in [-0.39, 0.29) is 30.3 Å². The Labute approximate surface area is 124 Å². The van der Waals surface area contributed by atoms with Crippen molar-refractivity contribution in [2.75, 3.05) is 13.2 Å². The number of Topliss-reactive ketones (excluding diaryl/α,β-unsaturated/α-hetero) is 1. The lowest BCUT2D eigenvalue weighted by Crippen LogP contribution is -2.31. The summed E-state index contributed by atoms with van der Waals surface area (Å²) in [5.74, 6) is -1.23. The summed E-state index contributed by atoms with van der Waals surface area (Å²) in [4.78, 5) is 33.8. The van der Waals surface area contributed by atoms with E-state index < -0.39 is 5.97 Å². The maximum atomic E-state index is 11.9. The maximum Gasteiger partial charge on any atom is 0.325 e. The van der Waals surface area contributed by atoms with Gasteiger partial charge in [-0.2, -0.15) is 0 Å². The number of carbonyl (C=O) groups excluding carboxylic acids is 3. The van der Waals surface area contributed by atoms with Gasteiger partial charge in [-0.3, -0.25) is 14.4 Å². The highest BCUT2D eigenvalue weighted by molar-refractivity contribution is 5.96. The number of amides is 1. The van der Waals surface area contributed by atoms with Crippen LogP contribution in [-0.2, 0) is 19.7 Å². The number of ether oxygens (including phenoxy) is 1. The average molecular weight is 291 g/mol. The fraction of sp³-hybridized carbons (Fsp3) is 0.438. The molecule has 0 aliphatic rings. The molecule has 5 nitrogen and oxygen atoms in total. The van der Waals surface area contributed by atoms with Gasteiger partial charge in [-0.15, -0.1) is 0 Å². The first-order chi connectivity index (χ1) is 9.70.